The summed E-state index contributed by atoms with van der Waals surface area (Å²) < 4.78 is 27.9. The molecule has 2 aliphatic rings. The van der Waals surface area contributed by atoms with Gasteiger partial charge in [0.1, 0.15) is 0 Å². The Morgan fingerprint density at radius 1 is 1.36 bits per heavy atom. The minimum Gasteiger partial charge on any atom is -0.355 e. The van der Waals surface area contributed by atoms with E-state index in [1.165, 1.54) is 8.61 Å². The van der Waals surface area contributed by atoms with Crippen molar-refractivity contribution < 1.29 is 13.2 Å². The molecule has 0 radical (unpaired) electrons. The van der Waals surface area contributed by atoms with E-state index in [1.807, 2.05) is 0 Å². The molecule has 0 spiro atoms. The number of hydrogen-bond donors (Lipinski definition) is 2. The Balaban J connectivity index is 0.00000242. The van der Waals surface area contributed by atoms with Crippen LogP contribution in [0.1, 0.15) is 25.7 Å². The molecule has 1 unspecified atom stereocenters. The number of nitrogens with zero attached hydrogens (tertiary/aromatic N) is 2. The summed E-state index contributed by atoms with van der Waals surface area (Å²) in [5.74, 6) is 0.151. The van der Waals surface area contributed by atoms with E-state index in [4.69, 9.17) is 5.73 Å². The molecule has 0 aromatic carbocycles. The number of nitrogens with two attached hydrogens (primary N) is 1. The van der Waals surface area contributed by atoms with E-state index in [0.717, 1.165) is 25.7 Å². The maximum atomic E-state index is 12.5. The summed E-state index contributed by atoms with van der Waals surface area (Å²) in [5, 5.41) is 2.75. The lowest BCUT2D eigenvalue weighted by Crippen LogP contribution is -2.50. The van der Waals surface area contributed by atoms with Crippen molar-refractivity contribution in [1.29, 1.82) is 0 Å². The van der Waals surface area contributed by atoms with E-state index in [0.29, 0.717) is 32.1 Å². The molecule has 1 heterocycles. The van der Waals surface area contributed by atoms with Crippen LogP contribution in [0.3, 0.4) is 0 Å². The number of carbonyl (C=O) groups is 1. The van der Waals surface area contributed by atoms with Crippen molar-refractivity contribution >= 4 is 28.5 Å². The Hall–Kier alpha value is -0.410. The van der Waals surface area contributed by atoms with Gasteiger partial charge >= 0.3 is 0 Å². The van der Waals surface area contributed by atoms with E-state index in [-0.39, 0.29) is 30.8 Å². The molecule has 0 aromatic heterocycles. The fourth-order valence-electron chi connectivity index (χ4n) is 2.66. The highest BCUT2D eigenvalue weighted by molar-refractivity contribution is 7.86. The van der Waals surface area contributed by atoms with Gasteiger partial charge in [-0.1, -0.05) is 0 Å². The second-order valence-electron chi connectivity index (χ2n) is 6.01. The highest BCUT2D eigenvalue weighted by Gasteiger charge is 2.36. The first-order chi connectivity index (χ1) is 9.95. The molecule has 1 aliphatic heterocycles. The number of piperidine rings is 1. The normalized spacial score (nSPS) is 23.1. The van der Waals surface area contributed by atoms with Gasteiger partial charge in [0, 0.05) is 39.8 Å². The lowest BCUT2D eigenvalue weighted by molar-refractivity contribution is -0.126. The summed E-state index contributed by atoms with van der Waals surface area (Å²) in [5.41, 5.74) is 5.37. The lowest BCUT2D eigenvalue weighted by atomic mass is 9.99. The monoisotopic (exact) mass is 354 g/mol. The molecule has 1 atom stereocenters. The summed E-state index contributed by atoms with van der Waals surface area (Å²) in [6, 6.07) is 0. The molecule has 130 valence electrons. The van der Waals surface area contributed by atoms with Crippen molar-refractivity contribution in [3.05, 3.63) is 0 Å². The summed E-state index contributed by atoms with van der Waals surface area (Å²) in [6.45, 7) is 2.18. The maximum absolute atomic E-state index is 12.5. The third kappa shape index (κ3) is 5.06. The summed E-state index contributed by atoms with van der Waals surface area (Å²) in [6.07, 6.45) is 3.68. The van der Waals surface area contributed by atoms with Gasteiger partial charge in [-0.15, -0.1) is 12.4 Å². The first kappa shape index (κ1) is 19.6. The zero-order valence-electron chi connectivity index (χ0n) is 13.0. The van der Waals surface area contributed by atoms with Crippen LogP contribution in [0.2, 0.25) is 0 Å². The number of carbonyl (C=O) groups excluding carboxylic acids is 1. The lowest BCUT2D eigenvalue weighted by Gasteiger charge is -2.33. The Kier molecular flexibility index (Phi) is 7.54. The second-order valence-corrected chi connectivity index (χ2v) is 8.04. The zero-order valence-corrected chi connectivity index (χ0v) is 14.7. The SMILES string of the molecule is CN(CC1CC1)S(=O)(=O)N1CCCC(C(=O)NCCN)C1.Cl. The molecule has 0 bridgehead atoms. The predicted molar refractivity (Wildman–Crippen MR) is 87.9 cm³/mol. The van der Waals surface area contributed by atoms with Crippen LogP contribution in [0, 0.1) is 11.8 Å². The molecule has 1 saturated carbocycles. The van der Waals surface area contributed by atoms with Crippen LogP contribution in [0.25, 0.3) is 0 Å². The Labute approximate surface area is 139 Å². The summed E-state index contributed by atoms with van der Waals surface area (Å²) >= 11 is 0. The molecular weight excluding hydrogens is 328 g/mol. The fraction of sp³-hybridized carbons (Fsp3) is 0.923. The highest BCUT2D eigenvalue weighted by atomic mass is 35.5. The van der Waals surface area contributed by atoms with Gasteiger partial charge in [0.25, 0.3) is 10.2 Å². The van der Waals surface area contributed by atoms with E-state index in [1.54, 1.807) is 7.05 Å². The minimum atomic E-state index is -3.44. The standard InChI is InChI=1S/C13H26N4O3S.ClH/c1-16(9-11-4-5-11)21(19,20)17-8-2-3-12(10-17)13(18)15-7-6-14;/h11-12H,2-10,14H2,1H3,(H,15,18);1H. The molecule has 0 aromatic rings. The zero-order chi connectivity index (χ0) is 15.5. The quantitative estimate of drug-likeness (QED) is 0.660. The molecule has 2 rings (SSSR count). The predicted octanol–water partition coefficient (Wildman–Crippen LogP) is -0.218. The van der Waals surface area contributed by atoms with Crippen molar-refractivity contribution in [2.24, 2.45) is 17.6 Å². The smallest absolute Gasteiger partial charge is 0.281 e. The molecule has 7 nitrogen and oxygen atoms in total. The average Bonchev–Trinajstić information content (AvgIpc) is 3.28. The largest absolute Gasteiger partial charge is 0.355 e. The molecular formula is C13H27ClN4O3S. The van der Waals surface area contributed by atoms with Gasteiger partial charge in [-0.05, 0) is 31.6 Å². The van der Waals surface area contributed by atoms with Crippen LogP contribution in [0.4, 0.5) is 0 Å². The maximum Gasteiger partial charge on any atom is 0.281 e. The van der Waals surface area contributed by atoms with E-state index >= 15 is 0 Å². The van der Waals surface area contributed by atoms with Crippen molar-refractivity contribution in [2.75, 3.05) is 39.8 Å². The van der Waals surface area contributed by atoms with Gasteiger partial charge in [0.15, 0.2) is 0 Å². The van der Waals surface area contributed by atoms with E-state index in [2.05, 4.69) is 5.32 Å². The fourth-order valence-corrected chi connectivity index (χ4v) is 4.18. The van der Waals surface area contributed by atoms with Crippen LogP contribution < -0.4 is 11.1 Å². The van der Waals surface area contributed by atoms with Gasteiger partial charge in [-0.25, -0.2) is 0 Å². The molecule has 1 amide bonds. The van der Waals surface area contributed by atoms with Crippen molar-refractivity contribution in [3.63, 3.8) is 0 Å². The third-order valence-electron chi connectivity index (χ3n) is 4.13. The Morgan fingerprint density at radius 2 is 2.05 bits per heavy atom. The molecule has 2 fully saturated rings. The van der Waals surface area contributed by atoms with Crippen molar-refractivity contribution in [2.45, 2.75) is 25.7 Å². The van der Waals surface area contributed by atoms with Gasteiger partial charge in [-0.2, -0.15) is 17.0 Å². The number of amides is 1. The molecule has 22 heavy (non-hydrogen) atoms. The average molecular weight is 355 g/mol. The van der Waals surface area contributed by atoms with Gasteiger partial charge in [0.05, 0.1) is 5.92 Å². The van der Waals surface area contributed by atoms with Crippen LogP contribution >= 0.6 is 12.4 Å². The molecule has 1 aliphatic carbocycles. The topological polar surface area (TPSA) is 95.7 Å². The van der Waals surface area contributed by atoms with Crippen LogP contribution in [0.15, 0.2) is 0 Å². The summed E-state index contributed by atoms with van der Waals surface area (Å²) in [4.78, 5) is 12.0. The van der Waals surface area contributed by atoms with Crippen LogP contribution in [-0.4, -0.2) is 62.7 Å². The van der Waals surface area contributed by atoms with Crippen LogP contribution in [-0.2, 0) is 15.0 Å². The minimum absolute atomic E-state index is 0. The summed E-state index contributed by atoms with van der Waals surface area (Å²) in [7, 11) is -1.81. The number of hydrogen-bond acceptors (Lipinski definition) is 4. The Bertz CT molecular complexity index is 470. The number of nitrogens with one attached hydrogen (secondary N) is 1. The second kappa shape index (κ2) is 8.44. The number of halogens is 1. The number of rotatable bonds is 7. The molecule has 3 N–H and O–H groups in total. The third-order valence-corrected chi connectivity index (χ3v) is 6.05. The van der Waals surface area contributed by atoms with Crippen molar-refractivity contribution in [3.8, 4) is 0 Å². The molecule has 9 heteroatoms. The van der Waals surface area contributed by atoms with Gasteiger partial charge < -0.3 is 11.1 Å². The van der Waals surface area contributed by atoms with E-state index < -0.39 is 10.2 Å². The van der Waals surface area contributed by atoms with E-state index in [9.17, 15) is 13.2 Å². The van der Waals surface area contributed by atoms with Crippen molar-refractivity contribution in [1.82, 2.24) is 13.9 Å². The Morgan fingerprint density at radius 3 is 2.64 bits per heavy atom. The first-order valence-electron chi connectivity index (χ1n) is 7.64. The van der Waals surface area contributed by atoms with Crippen LogP contribution in [0.5, 0.6) is 0 Å². The van der Waals surface area contributed by atoms with Gasteiger partial charge in [0.2, 0.25) is 5.91 Å². The molecule has 1 saturated heterocycles. The first-order valence-corrected chi connectivity index (χ1v) is 9.04. The van der Waals surface area contributed by atoms with Gasteiger partial charge in [-0.3, -0.25) is 4.79 Å². The highest BCUT2D eigenvalue weighted by Crippen LogP contribution is 2.31.